The summed E-state index contributed by atoms with van der Waals surface area (Å²) < 4.78 is 5.28. The van der Waals surface area contributed by atoms with E-state index in [4.69, 9.17) is 28.6 Å². The third-order valence-corrected chi connectivity index (χ3v) is 2.52. The van der Waals surface area contributed by atoms with Crippen molar-refractivity contribution in [3.8, 4) is 5.75 Å². The van der Waals surface area contributed by atoms with Crippen LogP contribution in [0.2, 0.25) is 5.02 Å². The third kappa shape index (κ3) is 6.58. The van der Waals surface area contributed by atoms with Crippen LogP contribution in [0.4, 0.5) is 0 Å². The number of carbonyl (C=O) groups is 1. The van der Waals surface area contributed by atoms with Crippen LogP contribution in [0.5, 0.6) is 5.75 Å². The minimum Gasteiger partial charge on any atom is -0.482 e. The molecule has 0 spiro atoms. The minimum absolute atomic E-state index is 0.158. The van der Waals surface area contributed by atoms with E-state index in [1.807, 2.05) is 20.8 Å². The first-order chi connectivity index (χ1) is 9.28. The van der Waals surface area contributed by atoms with Gasteiger partial charge in [0.25, 0.3) is 5.91 Å². The molecule has 110 valence electrons. The summed E-state index contributed by atoms with van der Waals surface area (Å²) in [5.41, 5.74) is 4.85. The average molecular weight is 316 g/mol. The molecule has 0 saturated carbocycles. The maximum atomic E-state index is 11.6. The Bertz CT molecular complexity index is 489. The maximum Gasteiger partial charge on any atom is 0.276 e. The Morgan fingerprint density at radius 1 is 1.30 bits per heavy atom. The first-order valence-electron chi connectivity index (χ1n) is 6.02. The number of halogens is 1. The van der Waals surface area contributed by atoms with Crippen LogP contribution in [0.25, 0.3) is 0 Å². The molecule has 0 aliphatic heterocycles. The molecule has 1 aromatic rings. The van der Waals surface area contributed by atoms with E-state index in [0.717, 1.165) is 0 Å². The molecule has 0 aromatic heterocycles. The second-order valence-electron chi connectivity index (χ2n) is 5.10. The number of carbonyl (C=O) groups excluding carboxylic acids is 1. The van der Waals surface area contributed by atoms with Crippen LogP contribution in [-0.2, 0) is 4.79 Å². The fourth-order valence-corrected chi connectivity index (χ4v) is 1.79. The number of benzene rings is 1. The average Bonchev–Trinajstić information content (AvgIpc) is 2.33. The number of thiocarbonyl (C=S) groups is 1. The van der Waals surface area contributed by atoms with E-state index in [-0.39, 0.29) is 18.1 Å². The molecule has 20 heavy (non-hydrogen) atoms. The van der Waals surface area contributed by atoms with Gasteiger partial charge in [-0.05, 0) is 45.1 Å². The summed E-state index contributed by atoms with van der Waals surface area (Å²) in [4.78, 5) is 11.6. The van der Waals surface area contributed by atoms with Crippen LogP contribution in [0.3, 0.4) is 0 Å². The van der Waals surface area contributed by atoms with Crippen LogP contribution < -0.4 is 20.9 Å². The smallest absolute Gasteiger partial charge is 0.276 e. The zero-order chi connectivity index (χ0) is 15.2. The quantitative estimate of drug-likeness (QED) is 0.588. The molecular formula is C13H18ClN3O2S. The van der Waals surface area contributed by atoms with Gasteiger partial charge in [0.15, 0.2) is 11.7 Å². The van der Waals surface area contributed by atoms with E-state index in [2.05, 4.69) is 16.2 Å². The molecule has 0 fully saturated rings. The van der Waals surface area contributed by atoms with Crippen molar-refractivity contribution in [2.45, 2.75) is 26.3 Å². The lowest BCUT2D eigenvalue weighted by atomic mass is 10.1. The Morgan fingerprint density at radius 3 is 2.55 bits per heavy atom. The van der Waals surface area contributed by atoms with E-state index in [1.54, 1.807) is 24.3 Å². The van der Waals surface area contributed by atoms with Crippen molar-refractivity contribution >= 4 is 34.8 Å². The second kappa shape index (κ2) is 7.31. The van der Waals surface area contributed by atoms with Crippen LogP contribution in [0.1, 0.15) is 20.8 Å². The van der Waals surface area contributed by atoms with Crippen molar-refractivity contribution < 1.29 is 9.53 Å². The highest BCUT2D eigenvalue weighted by Gasteiger charge is 2.11. The summed E-state index contributed by atoms with van der Waals surface area (Å²) in [5.74, 6) is 0.0997. The molecule has 0 radical (unpaired) electrons. The molecule has 0 bridgehead atoms. The number of hydrogen-bond acceptors (Lipinski definition) is 3. The summed E-state index contributed by atoms with van der Waals surface area (Å²) in [6.45, 7) is 5.73. The van der Waals surface area contributed by atoms with Crippen LogP contribution in [-0.4, -0.2) is 23.2 Å². The molecule has 3 N–H and O–H groups in total. The lowest BCUT2D eigenvalue weighted by molar-refractivity contribution is -0.123. The number of hydrogen-bond donors (Lipinski definition) is 3. The van der Waals surface area contributed by atoms with Crippen LogP contribution in [0.15, 0.2) is 24.3 Å². The largest absolute Gasteiger partial charge is 0.482 e. The van der Waals surface area contributed by atoms with Crippen molar-refractivity contribution in [1.29, 1.82) is 0 Å². The van der Waals surface area contributed by atoms with Gasteiger partial charge in [-0.1, -0.05) is 23.7 Å². The van der Waals surface area contributed by atoms with Gasteiger partial charge in [-0.25, -0.2) is 0 Å². The third-order valence-electron chi connectivity index (χ3n) is 2.00. The molecule has 0 atom stereocenters. The SMILES string of the molecule is CC(C)(C)NC(=S)NNC(=O)COc1ccccc1Cl. The summed E-state index contributed by atoms with van der Waals surface area (Å²) in [5, 5.41) is 3.79. The molecule has 0 heterocycles. The monoisotopic (exact) mass is 315 g/mol. The Morgan fingerprint density at radius 2 is 1.95 bits per heavy atom. The zero-order valence-electron chi connectivity index (χ0n) is 11.6. The summed E-state index contributed by atoms with van der Waals surface area (Å²) in [6.07, 6.45) is 0. The molecule has 0 aliphatic carbocycles. The number of nitrogens with one attached hydrogen (secondary N) is 3. The summed E-state index contributed by atoms with van der Waals surface area (Å²) >= 11 is 10.9. The Hall–Kier alpha value is -1.53. The van der Waals surface area contributed by atoms with Gasteiger partial charge in [0.2, 0.25) is 0 Å². The fourth-order valence-electron chi connectivity index (χ4n) is 1.24. The first-order valence-corrected chi connectivity index (χ1v) is 6.81. The lowest BCUT2D eigenvalue weighted by Gasteiger charge is -2.23. The lowest BCUT2D eigenvalue weighted by Crippen LogP contribution is -2.52. The molecule has 0 saturated heterocycles. The number of para-hydroxylation sites is 1. The van der Waals surface area contributed by atoms with Gasteiger partial charge < -0.3 is 10.1 Å². The summed E-state index contributed by atoms with van der Waals surface area (Å²) in [6, 6.07) is 6.94. The standard InChI is InChI=1S/C13H18ClN3O2S/c1-13(2,3)15-12(20)17-16-11(18)8-19-10-7-5-4-6-9(10)14/h4-7H,8H2,1-3H3,(H,16,18)(H2,15,17,20). The Kier molecular flexibility index (Phi) is 6.04. The highest BCUT2D eigenvalue weighted by Crippen LogP contribution is 2.22. The number of amides is 1. The number of hydrazine groups is 1. The zero-order valence-corrected chi connectivity index (χ0v) is 13.2. The predicted molar refractivity (Wildman–Crippen MR) is 83.7 cm³/mol. The van der Waals surface area contributed by atoms with Gasteiger partial charge >= 0.3 is 0 Å². The van der Waals surface area contributed by atoms with Gasteiger partial charge in [0.05, 0.1) is 5.02 Å². The topological polar surface area (TPSA) is 62.4 Å². The molecular weight excluding hydrogens is 298 g/mol. The highest BCUT2D eigenvalue weighted by atomic mass is 35.5. The normalized spacial score (nSPS) is 10.6. The van der Waals surface area contributed by atoms with E-state index in [9.17, 15) is 4.79 Å². The van der Waals surface area contributed by atoms with E-state index in [1.165, 1.54) is 0 Å². The van der Waals surface area contributed by atoms with Gasteiger partial charge in [0, 0.05) is 5.54 Å². The molecule has 0 aliphatic rings. The minimum atomic E-state index is -0.358. The maximum absolute atomic E-state index is 11.6. The van der Waals surface area contributed by atoms with E-state index >= 15 is 0 Å². The van der Waals surface area contributed by atoms with Crippen LogP contribution >= 0.6 is 23.8 Å². The molecule has 7 heteroatoms. The molecule has 1 amide bonds. The van der Waals surface area contributed by atoms with Gasteiger partial charge in [-0.2, -0.15) is 0 Å². The van der Waals surface area contributed by atoms with Crippen molar-refractivity contribution in [3.05, 3.63) is 29.3 Å². The van der Waals surface area contributed by atoms with Crippen LogP contribution in [0, 0.1) is 0 Å². The summed E-state index contributed by atoms with van der Waals surface area (Å²) in [7, 11) is 0. The first kappa shape index (κ1) is 16.5. The van der Waals surface area contributed by atoms with Gasteiger partial charge in [-0.15, -0.1) is 0 Å². The van der Waals surface area contributed by atoms with Crippen molar-refractivity contribution in [1.82, 2.24) is 16.2 Å². The Labute approximate surface area is 129 Å². The molecule has 1 aromatic carbocycles. The van der Waals surface area contributed by atoms with Crippen molar-refractivity contribution in [3.63, 3.8) is 0 Å². The number of rotatable bonds is 3. The van der Waals surface area contributed by atoms with E-state index < -0.39 is 0 Å². The van der Waals surface area contributed by atoms with Gasteiger partial charge in [0.1, 0.15) is 5.75 Å². The van der Waals surface area contributed by atoms with E-state index in [0.29, 0.717) is 15.9 Å². The highest BCUT2D eigenvalue weighted by molar-refractivity contribution is 7.80. The predicted octanol–water partition coefficient (Wildman–Crippen LogP) is 2.01. The molecule has 0 unspecified atom stereocenters. The Balaban J connectivity index is 2.31. The van der Waals surface area contributed by atoms with Gasteiger partial charge in [-0.3, -0.25) is 15.6 Å². The van der Waals surface area contributed by atoms with Crippen molar-refractivity contribution in [2.24, 2.45) is 0 Å². The molecule has 5 nitrogen and oxygen atoms in total. The fraction of sp³-hybridized carbons (Fsp3) is 0.385. The number of ether oxygens (including phenoxy) is 1. The molecule has 1 rings (SSSR count). The second-order valence-corrected chi connectivity index (χ2v) is 5.91. The van der Waals surface area contributed by atoms with Crippen molar-refractivity contribution in [2.75, 3.05) is 6.61 Å².